The van der Waals surface area contributed by atoms with Gasteiger partial charge in [0, 0.05) is 25.2 Å². The standard InChI is InChI=1S/C30H45N3O5/c1-22-18-25(35-3)19-23(2)29(22)31-28(34)11-8-13-33-15-9-14-32(16-17-33)12-7-10-24-20-26(36-4)30(38-6)27(21-24)37-5/h18-21H,7-17H2,1-6H3,(H,31,34). The Bertz CT molecular complexity index is 1010. The number of hydrogen-bond acceptors (Lipinski definition) is 7. The van der Waals surface area contributed by atoms with Crippen LogP contribution < -0.4 is 24.3 Å². The van der Waals surface area contributed by atoms with Crippen LogP contribution in [-0.2, 0) is 11.2 Å². The smallest absolute Gasteiger partial charge is 0.224 e. The van der Waals surface area contributed by atoms with Crippen LogP contribution in [0.4, 0.5) is 5.69 Å². The molecular formula is C30H45N3O5. The van der Waals surface area contributed by atoms with Crippen molar-refractivity contribution in [2.75, 3.05) is 73.0 Å². The third-order valence-corrected chi connectivity index (χ3v) is 7.23. The number of carbonyl (C=O) groups is 1. The fourth-order valence-corrected chi connectivity index (χ4v) is 5.16. The van der Waals surface area contributed by atoms with E-state index in [-0.39, 0.29) is 5.91 Å². The molecule has 0 radical (unpaired) electrons. The molecule has 1 N–H and O–H groups in total. The van der Waals surface area contributed by atoms with E-state index in [1.807, 2.05) is 38.1 Å². The van der Waals surface area contributed by atoms with Gasteiger partial charge in [-0.1, -0.05) is 0 Å². The summed E-state index contributed by atoms with van der Waals surface area (Å²) < 4.78 is 21.7. The van der Waals surface area contributed by atoms with Gasteiger partial charge in [0.25, 0.3) is 0 Å². The summed E-state index contributed by atoms with van der Waals surface area (Å²) in [4.78, 5) is 17.6. The molecule has 0 spiro atoms. The first kappa shape index (κ1) is 29.6. The number of methoxy groups -OCH3 is 4. The lowest BCUT2D eigenvalue weighted by Crippen LogP contribution is -2.32. The molecule has 0 saturated carbocycles. The van der Waals surface area contributed by atoms with Crippen molar-refractivity contribution in [2.45, 2.75) is 46.0 Å². The lowest BCUT2D eigenvalue weighted by atomic mass is 10.1. The van der Waals surface area contributed by atoms with Crippen LogP contribution in [0.2, 0.25) is 0 Å². The molecule has 1 saturated heterocycles. The van der Waals surface area contributed by atoms with E-state index < -0.39 is 0 Å². The Morgan fingerprint density at radius 1 is 0.789 bits per heavy atom. The van der Waals surface area contributed by atoms with Gasteiger partial charge >= 0.3 is 0 Å². The van der Waals surface area contributed by atoms with E-state index in [4.69, 9.17) is 18.9 Å². The number of aryl methyl sites for hydroxylation is 3. The third-order valence-electron chi connectivity index (χ3n) is 7.23. The summed E-state index contributed by atoms with van der Waals surface area (Å²) >= 11 is 0. The predicted molar refractivity (Wildman–Crippen MR) is 152 cm³/mol. The molecule has 1 aliphatic heterocycles. The minimum atomic E-state index is 0.0737. The number of hydrogen-bond donors (Lipinski definition) is 1. The van der Waals surface area contributed by atoms with E-state index in [9.17, 15) is 4.79 Å². The molecule has 0 unspecified atom stereocenters. The second-order valence-electron chi connectivity index (χ2n) is 9.96. The molecule has 0 aromatic heterocycles. The molecule has 1 fully saturated rings. The van der Waals surface area contributed by atoms with Crippen LogP contribution in [0, 0.1) is 13.8 Å². The minimum Gasteiger partial charge on any atom is -0.497 e. The number of carbonyl (C=O) groups excluding carboxylic acids is 1. The number of nitrogens with zero attached hydrogens (tertiary/aromatic N) is 2. The van der Waals surface area contributed by atoms with Crippen molar-refractivity contribution in [1.29, 1.82) is 0 Å². The molecule has 3 rings (SSSR count). The van der Waals surface area contributed by atoms with Gasteiger partial charge < -0.3 is 34.1 Å². The van der Waals surface area contributed by atoms with E-state index in [0.717, 1.165) is 87.5 Å². The van der Waals surface area contributed by atoms with Crippen molar-refractivity contribution in [2.24, 2.45) is 0 Å². The van der Waals surface area contributed by atoms with E-state index in [1.165, 1.54) is 5.56 Å². The molecular weight excluding hydrogens is 482 g/mol. The number of anilines is 1. The normalized spacial score (nSPS) is 14.6. The van der Waals surface area contributed by atoms with Gasteiger partial charge in [0.1, 0.15) is 5.75 Å². The quantitative estimate of drug-likeness (QED) is 0.405. The summed E-state index contributed by atoms with van der Waals surface area (Å²) in [7, 11) is 6.59. The zero-order chi connectivity index (χ0) is 27.5. The highest BCUT2D eigenvalue weighted by atomic mass is 16.5. The molecule has 210 valence electrons. The van der Waals surface area contributed by atoms with Crippen molar-refractivity contribution in [3.8, 4) is 23.0 Å². The molecule has 0 bridgehead atoms. The molecule has 0 aliphatic carbocycles. The number of ether oxygens (including phenoxy) is 4. The van der Waals surface area contributed by atoms with Gasteiger partial charge in [-0.3, -0.25) is 4.79 Å². The Morgan fingerprint density at radius 2 is 1.37 bits per heavy atom. The summed E-state index contributed by atoms with van der Waals surface area (Å²) in [5, 5.41) is 3.10. The first-order valence-electron chi connectivity index (χ1n) is 13.6. The van der Waals surface area contributed by atoms with Crippen LogP contribution in [-0.4, -0.2) is 83.4 Å². The Morgan fingerprint density at radius 3 is 1.89 bits per heavy atom. The van der Waals surface area contributed by atoms with Gasteiger partial charge in [0.05, 0.1) is 28.4 Å². The third kappa shape index (κ3) is 8.27. The first-order valence-corrected chi connectivity index (χ1v) is 13.6. The highest BCUT2D eigenvalue weighted by Crippen LogP contribution is 2.38. The van der Waals surface area contributed by atoms with Crippen molar-refractivity contribution in [3.63, 3.8) is 0 Å². The lowest BCUT2D eigenvalue weighted by molar-refractivity contribution is -0.116. The lowest BCUT2D eigenvalue weighted by Gasteiger charge is -2.22. The fraction of sp³-hybridized carbons (Fsp3) is 0.567. The Balaban J connectivity index is 1.39. The van der Waals surface area contributed by atoms with Crippen LogP contribution in [0.3, 0.4) is 0 Å². The maximum Gasteiger partial charge on any atom is 0.224 e. The molecule has 1 amide bonds. The summed E-state index contributed by atoms with van der Waals surface area (Å²) in [5.41, 5.74) is 4.13. The van der Waals surface area contributed by atoms with Crippen LogP contribution >= 0.6 is 0 Å². The predicted octanol–water partition coefficient (Wildman–Crippen LogP) is 4.70. The molecule has 2 aromatic rings. The van der Waals surface area contributed by atoms with Crippen LogP contribution in [0.25, 0.3) is 0 Å². The van der Waals surface area contributed by atoms with E-state index >= 15 is 0 Å². The van der Waals surface area contributed by atoms with Crippen molar-refractivity contribution in [3.05, 3.63) is 41.0 Å². The van der Waals surface area contributed by atoms with Gasteiger partial charge in [-0.2, -0.15) is 0 Å². The maximum absolute atomic E-state index is 12.6. The van der Waals surface area contributed by atoms with Crippen LogP contribution in [0.1, 0.15) is 42.4 Å². The van der Waals surface area contributed by atoms with E-state index in [2.05, 4.69) is 15.1 Å². The molecule has 2 aromatic carbocycles. The number of rotatable bonds is 13. The Labute approximate surface area is 228 Å². The van der Waals surface area contributed by atoms with E-state index in [1.54, 1.807) is 28.4 Å². The second kappa shape index (κ2) is 14.8. The molecule has 1 heterocycles. The minimum absolute atomic E-state index is 0.0737. The molecule has 0 atom stereocenters. The number of amides is 1. The Hall–Kier alpha value is -2.97. The summed E-state index contributed by atoms with van der Waals surface area (Å²) in [6, 6.07) is 7.99. The van der Waals surface area contributed by atoms with Gasteiger partial charge in [-0.05, 0) is 107 Å². The van der Waals surface area contributed by atoms with Crippen molar-refractivity contribution >= 4 is 11.6 Å². The van der Waals surface area contributed by atoms with Crippen LogP contribution in [0.5, 0.6) is 23.0 Å². The Kier molecular flexibility index (Phi) is 11.5. The summed E-state index contributed by atoms with van der Waals surface area (Å²) in [5.74, 6) is 2.93. The SMILES string of the molecule is COc1cc(C)c(NC(=O)CCCN2CCCN(CCCc3cc(OC)c(OC)c(OC)c3)CC2)c(C)c1. The summed E-state index contributed by atoms with van der Waals surface area (Å²) in [6.07, 6.45) is 4.57. The van der Waals surface area contributed by atoms with Crippen molar-refractivity contribution in [1.82, 2.24) is 9.80 Å². The maximum atomic E-state index is 12.6. The monoisotopic (exact) mass is 527 g/mol. The average molecular weight is 528 g/mol. The topological polar surface area (TPSA) is 72.5 Å². The van der Waals surface area contributed by atoms with Gasteiger partial charge in [-0.15, -0.1) is 0 Å². The van der Waals surface area contributed by atoms with Gasteiger partial charge in [0.2, 0.25) is 11.7 Å². The largest absolute Gasteiger partial charge is 0.497 e. The zero-order valence-electron chi connectivity index (χ0n) is 24.0. The number of benzene rings is 2. The van der Waals surface area contributed by atoms with Gasteiger partial charge in [0.15, 0.2) is 11.5 Å². The highest BCUT2D eigenvalue weighted by molar-refractivity contribution is 5.92. The molecule has 38 heavy (non-hydrogen) atoms. The van der Waals surface area contributed by atoms with Crippen LogP contribution in [0.15, 0.2) is 24.3 Å². The number of nitrogens with one attached hydrogen (secondary N) is 1. The molecule has 1 aliphatic rings. The van der Waals surface area contributed by atoms with Crippen molar-refractivity contribution < 1.29 is 23.7 Å². The first-order chi connectivity index (χ1) is 18.4. The average Bonchev–Trinajstić information content (AvgIpc) is 3.15. The highest BCUT2D eigenvalue weighted by Gasteiger charge is 2.17. The molecule has 8 nitrogen and oxygen atoms in total. The zero-order valence-corrected chi connectivity index (χ0v) is 24.0. The van der Waals surface area contributed by atoms with Gasteiger partial charge in [-0.25, -0.2) is 0 Å². The van der Waals surface area contributed by atoms with E-state index in [0.29, 0.717) is 23.7 Å². The fourth-order valence-electron chi connectivity index (χ4n) is 5.16. The molecule has 8 heteroatoms. The second-order valence-corrected chi connectivity index (χ2v) is 9.96. The summed E-state index contributed by atoms with van der Waals surface area (Å²) in [6.45, 7) is 10.3.